The van der Waals surface area contributed by atoms with Crippen LogP contribution in [0.1, 0.15) is 21.5 Å². The summed E-state index contributed by atoms with van der Waals surface area (Å²) in [5.74, 6) is -0.989. The first kappa shape index (κ1) is 14.1. The van der Waals surface area contributed by atoms with E-state index < -0.39 is 5.97 Å². The predicted octanol–water partition coefficient (Wildman–Crippen LogP) is 4.07. The van der Waals surface area contributed by atoms with Crippen molar-refractivity contribution in [1.29, 1.82) is 5.26 Å². The van der Waals surface area contributed by atoms with Crippen LogP contribution < -0.4 is 5.32 Å². The Kier molecular flexibility index (Phi) is 4.06. The molecule has 0 aliphatic rings. The Morgan fingerprint density at radius 1 is 1.25 bits per heavy atom. The van der Waals surface area contributed by atoms with Gasteiger partial charge in [-0.15, -0.1) is 0 Å². The van der Waals surface area contributed by atoms with Gasteiger partial charge in [0.05, 0.1) is 28.6 Å². The summed E-state index contributed by atoms with van der Waals surface area (Å²) in [5.41, 5.74) is 2.92. The number of hydrogen-bond donors (Lipinski definition) is 2. The molecule has 100 valence electrons. The van der Waals surface area contributed by atoms with Crippen molar-refractivity contribution in [2.45, 2.75) is 6.92 Å². The average molecular weight is 331 g/mol. The molecular formula is C15H11BrN2O2. The highest BCUT2D eigenvalue weighted by molar-refractivity contribution is 9.10. The molecule has 0 bridgehead atoms. The van der Waals surface area contributed by atoms with Gasteiger partial charge in [0, 0.05) is 4.47 Å². The molecule has 0 spiro atoms. The first-order valence-corrected chi connectivity index (χ1v) is 6.61. The van der Waals surface area contributed by atoms with Crippen molar-refractivity contribution in [3.8, 4) is 6.07 Å². The van der Waals surface area contributed by atoms with Gasteiger partial charge >= 0.3 is 5.97 Å². The number of anilines is 2. The third-order valence-electron chi connectivity index (χ3n) is 2.77. The highest BCUT2D eigenvalue weighted by atomic mass is 79.9. The van der Waals surface area contributed by atoms with Crippen LogP contribution in [-0.2, 0) is 0 Å². The summed E-state index contributed by atoms with van der Waals surface area (Å²) < 4.78 is 0.703. The van der Waals surface area contributed by atoms with Crippen LogP contribution in [0, 0.1) is 18.3 Å². The maximum atomic E-state index is 11.2. The third kappa shape index (κ3) is 2.98. The monoisotopic (exact) mass is 330 g/mol. The van der Waals surface area contributed by atoms with E-state index in [2.05, 4.69) is 21.2 Å². The number of carboxylic acids is 1. The van der Waals surface area contributed by atoms with Gasteiger partial charge in [0.25, 0.3) is 0 Å². The number of halogens is 1. The number of nitrogens with zero attached hydrogens (tertiary/aromatic N) is 1. The number of hydrogen-bond acceptors (Lipinski definition) is 3. The van der Waals surface area contributed by atoms with Gasteiger partial charge in [0.2, 0.25) is 0 Å². The average Bonchev–Trinajstić information content (AvgIpc) is 2.40. The Balaban J connectivity index is 2.42. The van der Waals surface area contributed by atoms with Crippen LogP contribution in [0.3, 0.4) is 0 Å². The molecule has 0 heterocycles. The molecule has 0 unspecified atom stereocenters. The zero-order valence-corrected chi connectivity index (χ0v) is 12.2. The molecule has 4 nitrogen and oxygen atoms in total. The Bertz CT molecular complexity index is 720. The minimum Gasteiger partial charge on any atom is -0.478 e. The quantitative estimate of drug-likeness (QED) is 0.889. The van der Waals surface area contributed by atoms with Crippen molar-refractivity contribution in [2.75, 3.05) is 5.32 Å². The van der Waals surface area contributed by atoms with Gasteiger partial charge < -0.3 is 10.4 Å². The fourth-order valence-corrected chi connectivity index (χ4v) is 2.26. The number of aryl methyl sites for hydroxylation is 1. The smallest absolute Gasteiger partial charge is 0.337 e. The van der Waals surface area contributed by atoms with Crippen molar-refractivity contribution in [1.82, 2.24) is 0 Å². The summed E-state index contributed by atoms with van der Waals surface area (Å²) in [6, 6.07) is 12.2. The van der Waals surface area contributed by atoms with Crippen LogP contribution >= 0.6 is 15.9 Å². The van der Waals surface area contributed by atoms with Crippen LogP contribution in [0.15, 0.2) is 40.9 Å². The van der Waals surface area contributed by atoms with Gasteiger partial charge in [-0.05, 0) is 58.7 Å². The SMILES string of the molecule is Cc1ccc(C(=O)O)c(Nc2ccc(C#N)cc2Br)c1. The number of nitriles is 1. The second-order valence-corrected chi connectivity index (χ2v) is 5.14. The molecule has 2 rings (SSSR count). The van der Waals surface area contributed by atoms with E-state index in [1.54, 1.807) is 36.4 Å². The Morgan fingerprint density at radius 2 is 2.00 bits per heavy atom. The van der Waals surface area contributed by atoms with Crippen molar-refractivity contribution in [2.24, 2.45) is 0 Å². The number of nitrogens with one attached hydrogen (secondary N) is 1. The molecule has 0 aliphatic heterocycles. The predicted molar refractivity (Wildman–Crippen MR) is 80.3 cm³/mol. The van der Waals surface area contributed by atoms with Gasteiger partial charge in [0.15, 0.2) is 0 Å². The fourth-order valence-electron chi connectivity index (χ4n) is 1.78. The Labute approximate surface area is 124 Å². The Morgan fingerprint density at radius 3 is 2.60 bits per heavy atom. The zero-order valence-electron chi connectivity index (χ0n) is 10.6. The molecule has 20 heavy (non-hydrogen) atoms. The van der Waals surface area contributed by atoms with E-state index >= 15 is 0 Å². The van der Waals surface area contributed by atoms with E-state index in [0.29, 0.717) is 21.4 Å². The second kappa shape index (κ2) is 5.76. The molecule has 0 amide bonds. The van der Waals surface area contributed by atoms with Crippen LogP contribution in [0.2, 0.25) is 0 Å². The number of rotatable bonds is 3. The molecule has 0 radical (unpaired) electrons. The molecule has 0 atom stereocenters. The Hall–Kier alpha value is -2.32. The molecule has 0 aliphatic carbocycles. The lowest BCUT2D eigenvalue weighted by molar-refractivity contribution is 0.0698. The zero-order chi connectivity index (χ0) is 14.7. The molecule has 0 fully saturated rings. The lowest BCUT2D eigenvalue weighted by atomic mass is 10.1. The van der Waals surface area contributed by atoms with Gasteiger partial charge in [-0.3, -0.25) is 0 Å². The molecule has 5 heteroatoms. The minimum absolute atomic E-state index is 0.201. The van der Waals surface area contributed by atoms with Gasteiger partial charge in [0.1, 0.15) is 0 Å². The first-order chi connectivity index (χ1) is 9.51. The molecular weight excluding hydrogens is 320 g/mol. The summed E-state index contributed by atoms with van der Waals surface area (Å²) in [5, 5.41) is 21.1. The molecule has 0 saturated carbocycles. The summed E-state index contributed by atoms with van der Waals surface area (Å²) in [7, 11) is 0. The highest BCUT2D eigenvalue weighted by Gasteiger charge is 2.11. The fraction of sp³-hybridized carbons (Fsp3) is 0.0667. The van der Waals surface area contributed by atoms with Crippen molar-refractivity contribution in [3.63, 3.8) is 0 Å². The standard InChI is InChI=1S/C15H11BrN2O2/c1-9-2-4-11(15(19)20)14(6-9)18-13-5-3-10(8-17)7-12(13)16/h2-7,18H,1H3,(H,19,20). The van der Waals surface area contributed by atoms with E-state index in [9.17, 15) is 9.90 Å². The van der Waals surface area contributed by atoms with Gasteiger partial charge in [-0.2, -0.15) is 5.26 Å². The summed E-state index contributed by atoms with van der Waals surface area (Å²) in [6.07, 6.45) is 0. The second-order valence-electron chi connectivity index (χ2n) is 4.29. The van der Waals surface area contributed by atoms with Crippen molar-refractivity contribution >= 4 is 33.3 Å². The number of carboxylic acid groups (broad SMARTS) is 1. The molecule has 2 aromatic rings. The van der Waals surface area contributed by atoms with E-state index in [-0.39, 0.29) is 5.56 Å². The molecule has 2 aromatic carbocycles. The van der Waals surface area contributed by atoms with Gasteiger partial charge in [-0.25, -0.2) is 4.79 Å². The maximum Gasteiger partial charge on any atom is 0.337 e. The molecule has 0 saturated heterocycles. The van der Waals surface area contributed by atoms with E-state index in [1.807, 2.05) is 13.0 Å². The number of aromatic carboxylic acids is 1. The van der Waals surface area contributed by atoms with E-state index in [0.717, 1.165) is 5.56 Å². The number of benzene rings is 2. The summed E-state index contributed by atoms with van der Waals surface area (Å²) >= 11 is 3.36. The van der Waals surface area contributed by atoms with Gasteiger partial charge in [-0.1, -0.05) is 6.07 Å². The third-order valence-corrected chi connectivity index (χ3v) is 3.43. The maximum absolute atomic E-state index is 11.2. The highest BCUT2D eigenvalue weighted by Crippen LogP contribution is 2.29. The summed E-state index contributed by atoms with van der Waals surface area (Å²) in [4.78, 5) is 11.2. The van der Waals surface area contributed by atoms with Crippen molar-refractivity contribution in [3.05, 3.63) is 57.6 Å². The van der Waals surface area contributed by atoms with Crippen LogP contribution in [0.4, 0.5) is 11.4 Å². The van der Waals surface area contributed by atoms with Crippen LogP contribution in [0.25, 0.3) is 0 Å². The summed E-state index contributed by atoms with van der Waals surface area (Å²) in [6.45, 7) is 1.89. The van der Waals surface area contributed by atoms with Crippen LogP contribution in [-0.4, -0.2) is 11.1 Å². The molecule has 0 aromatic heterocycles. The van der Waals surface area contributed by atoms with Crippen LogP contribution in [0.5, 0.6) is 0 Å². The lowest BCUT2D eigenvalue weighted by Crippen LogP contribution is -2.03. The van der Waals surface area contributed by atoms with Crippen molar-refractivity contribution < 1.29 is 9.90 Å². The topological polar surface area (TPSA) is 73.1 Å². The van der Waals surface area contributed by atoms with E-state index in [4.69, 9.17) is 5.26 Å². The number of carbonyl (C=O) groups is 1. The lowest BCUT2D eigenvalue weighted by Gasteiger charge is -2.12. The molecule has 2 N–H and O–H groups in total. The van der Waals surface area contributed by atoms with E-state index in [1.165, 1.54) is 0 Å². The largest absolute Gasteiger partial charge is 0.478 e. The minimum atomic E-state index is -0.989. The first-order valence-electron chi connectivity index (χ1n) is 5.82. The normalized spacial score (nSPS) is 9.85.